The molecular weight excluding hydrogens is 305 g/mol. The van der Waals surface area contributed by atoms with Crippen LogP contribution in [0.4, 0.5) is 0 Å². The van der Waals surface area contributed by atoms with Gasteiger partial charge in [-0.25, -0.2) is 4.98 Å². The van der Waals surface area contributed by atoms with Gasteiger partial charge in [-0.2, -0.15) is 0 Å². The molecule has 0 radical (unpaired) electrons. The summed E-state index contributed by atoms with van der Waals surface area (Å²) in [7, 11) is 0. The maximum atomic E-state index is 6.25. The average Bonchev–Trinajstić information content (AvgIpc) is 2.84. The Morgan fingerprint density at radius 1 is 1.19 bits per heavy atom. The van der Waals surface area contributed by atoms with Crippen molar-refractivity contribution >= 4 is 23.2 Å². The van der Waals surface area contributed by atoms with Crippen LogP contribution in [0.3, 0.4) is 0 Å². The normalized spacial score (nSPS) is 10.8. The number of aryl methyl sites for hydroxylation is 1. The van der Waals surface area contributed by atoms with Crippen molar-refractivity contribution < 1.29 is 0 Å². The van der Waals surface area contributed by atoms with Crippen LogP contribution in [0.1, 0.15) is 11.3 Å². The molecule has 0 aliphatic rings. The van der Waals surface area contributed by atoms with Crippen LogP contribution in [0.5, 0.6) is 0 Å². The minimum absolute atomic E-state index is 0.637. The molecule has 0 bridgehead atoms. The Morgan fingerprint density at radius 2 is 2.05 bits per heavy atom. The van der Waals surface area contributed by atoms with Crippen LogP contribution in [0, 0.1) is 6.92 Å². The highest BCUT2D eigenvalue weighted by atomic mass is 35.5. The summed E-state index contributed by atoms with van der Waals surface area (Å²) < 4.78 is 2.07. The highest BCUT2D eigenvalue weighted by molar-refractivity contribution is 6.35. The van der Waals surface area contributed by atoms with E-state index in [1.807, 2.05) is 43.6 Å². The molecule has 0 saturated carbocycles. The van der Waals surface area contributed by atoms with Gasteiger partial charge in [0.05, 0.1) is 12.2 Å². The smallest absolute Gasteiger partial charge is 0.142 e. The molecule has 5 heteroatoms. The van der Waals surface area contributed by atoms with E-state index >= 15 is 0 Å². The van der Waals surface area contributed by atoms with Crippen molar-refractivity contribution in [2.45, 2.75) is 13.5 Å². The Kier molecular flexibility index (Phi) is 3.95. The Hall–Kier alpha value is -1.84. The number of hydrogen-bond acceptors (Lipinski definition) is 2. The van der Waals surface area contributed by atoms with Gasteiger partial charge in [0.15, 0.2) is 0 Å². The van der Waals surface area contributed by atoms with Crippen molar-refractivity contribution in [3.63, 3.8) is 0 Å². The monoisotopic (exact) mass is 317 g/mol. The van der Waals surface area contributed by atoms with E-state index in [9.17, 15) is 0 Å². The van der Waals surface area contributed by atoms with Gasteiger partial charge in [0.2, 0.25) is 0 Å². The topological polar surface area (TPSA) is 30.7 Å². The minimum atomic E-state index is 0.637. The zero-order chi connectivity index (χ0) is 14.8. The van der Waals surface area contributed by atoms with E-state index in [1.54, 1.807) is 12.3 Å². The molecule has 3 aromatic rings. The van der Waals surface area contributed by atoms with Crippen LogP contribution in [0.15, 0.2) is 48.9 Å². The molecule has 0 spiro atoms. The molecule has 0 amide bonds. The summed E-state index contributed by atoms with van der Waals surface area (Å²) in [5, 5.41) is 1.30. The van der Waals surface area contributed by atoms with Crippen molar-refractivity contribution in [3.8, 4) is 11.4 Å². The van der Waals surface area contributed by atoms with E-state index in [2.05, 4.69) is 14.5 Å². The third kappa shape index (κ3) is 3.09. The molecule has 0 aliphatic carbocycles. The Bertz CT molecular complexity index is 766. The Balaban J connectivity index is 2.00. The number of aromatic nitrogens is 3. The number of pyridine rings is 1. The number of benzene rings is 1. The van der Waals surface area contributed by atoms with Gasteiger partial charge in [0.25, 0.3) is 0 Å². The van der Waals surface area contributed by atoms with E-state index in [1.165, 1.54) is 0 Å². The first kappa shape index (κ1) is 14.1. The fourth-order valence-corrected chi connectivity index (χ4v) is 2.69. The van der Waals surface area contributed by atoms with Crippen LogP contribution in [0.2, 0.25) is 10.0 Å². The van der Waals surface area contributed by atoms with E-state index < -0.39 is 0 Å². The second-order valence-electron chi connectivity index (χ2n) is 4.81. The van der Waals surface area contributed by atoms with Crippen LogP contribution in [0.25, 0.3) is 11.4 Å². The molecule has 2 heterocycles. The molecule has 3 nitrogen and oxygen atoms in total. The summed E-state index contributed by atoms with van der Waals surface area (Å²) in [5.41, 5.74) is 2.94. The first-order chi connectivity index (χ1) is 10.1. The first-order valence-electron chi connectivity index (χ1n) is 6.51. The maximum absolute atomic E-state index is 6.25. The maximum Gasteiger partial charge on any atom is 0.142 e. The Labute approximate surface area is 133 Å². The fraction of sp³-hybridized carbons (Fsp3) is 0.125. The molecule has 21 heavy (non-hydrogen) atoms. The molecule has 0 aliphatic heterocycles. The van der Waals surface area contributed by atoms with E-state index in [0.29, 0.717) is 16.6 Å². The number of halogens is 2. The zero-order valence-corrected chi connectivity index (χ0v) is 12.9. The van der Waals surface area contributed by atoms with Gasteiger partial charge in [-0.15, -0.1) is 0 Å². The summed E-state index contributed by atoms with van der Waals surface area (Å²) in [6.07, 6.45) is 5.56. The van der Waals surface area contributed by atoms with Crippen LogP contribution in [-0.2, 0) is 6.54 Å². The van der Waals surface area contributed by atoms with Gasteiger partial charge in [-0.3, -0.25) is 4.98 Å². The number of hydrogen-bond donors (Lipinski definition) is 0. The third-order valence-corrected chi connectivity index (χ3v) is 3.76. The van der Waals surface area contributed by atoms with Gasteiger partial charge in [-0.1, -0.05) is 29.3 Å². The van der Waals surface area contributed by atoms with Gasteiger partial charge >= 0.3 is 0 Å². The second-order valence-corrected chi connectivity index (χ2v) is 5.65. The van der Waals surface area contributed by atoms with Gasteiger partial charge in [-0.05, 0) is 36.8 Å². The standard InChI is InChI=1S/C16H13Cl2N3/c1-11-9-21(10-13-4-5-14(17)7-15(13)18)16(20-11)12-3-2-6-19-8-12/h2-9H,10H2,1H3. The van der Waals surface area contributed by atoms with E-state index in [4.69, 9.17) is 23.2 Å². The van der Waals surface area contributed by atoms with Crippen molar-refractivity contribution in [1.82, 2.24) is 14.5 Å². The lowest BCUT2D eigenvalue weighted by molar-refractivity contribution is 0.806. The number of imidazole rings is 1. The molecule has 0 atom stereocenters. The van der Waals surface area contributed by atoms with Crippen molar-refractivity contribution in [2.24, 2.45) is 0 Å². The summed E-state index contributed by atoms with van der Waals surface area (Å²) in [4.78, 5) is 8.73. The summed E-state index contributed by atoms with van der Waals surface area (Å²) in [6, 6.07) is 9.43. The van der Waals surface area contributed by atoms with Gasteiger partial charge < -0.3 is 4.57 Å². The van der Waals surface area contributed by atoms with Gasteiger partial charge in [0.1, 0.15) is 5.82 Å². The SMILES string of the molecule is Cc1cn(Cc2ccc(Cl)cc2Cl)c(-c2cccnc2)n1. The van der Waals surface area contributed by atoms with E-state index in [-0.39, 0.29) is 0 Å². The molecule has 0 unspecified atom stereocenters. The molecule has 2 aromatic heterocycles. The lowest BCUT2D eigenvalue weighted by Gasteiger charge is -2.09. The molecule has 3 rings (SSSR count). The lowest BCUT2D eigenvalue weighted by Crippen LogP contribution is -2.01. The molecule has 106 valence electrons. The van der Waals surface area contributed by atoms with Crippen molar-refractivity contribution in [3.05, 3.63) is 70.2 Å². The van der Waals surface area contributed by atoms with E-state index in [0.717, 1.165) is 22.6 Å². The zero-order valence-electron chi connectivity index (χ0n) is 11.4. The Morgan fingerprint density at radius 3 is 2.76 bits per heavy atom. The van der Waals surface area contributed by atoms with Crippen LogP contribution in [-0.4, -0.2) is 14.5 Å². The van der Waals surface area contributed by atoms with Crippen molar-refractivity contribution in [1.29, 1.82) is 0 Å². The number of nitrogens with zero attached hydrogens (tertiary/aromatic N) is 3. The fourth-order valence-electron chi connectivity index (χ4n) is 2.23. The predicted octanol–water partition coefficient (Wildman–Crippen LogP) is 4.61. The third-order valence-electron chi connectivity index (χ3n) is 3.17. The van der Waals surface area contributed by atoms with Crippen molar-refractivity contribution in [2.75, 3.05) is 0 Å². The molecule has 0 N–H and O–H groups in total. The predicted molar refractivity (Wildman–Crippen MR) is 85.8 cm³/mol. The van der Waals surface area contributed by atoms with Gasteiger partial charge in [0, 0.05) is 34.2 Å². The average molecular weight is 318 g/mol. The summed E-state index contributed by atoms with van der Waals surface area (Å²) in [6.45, 7) is 2.61. The summed E-state index contributed by atoms with van der Waals surface area (Å²) >= 11 is 12.2. The molecule has 0 saturated heterocycles. The summed E-state index contributed by atoms with van der Waals surface area (Å²) in [5.74, 6) is 0.881. The van der Waals surface area contributed by atoms with Crippen LogP contribution < -0.4 is 0 Å². The first-order valence-corrected chi connectivity index (χ1v) is 7.27. The largest absolute Gasteiger partial charge is 0.326 e. The molecule has 1 aromatic carbocycles. The highest BCUT2D eigenvalue weighted by Crippen LogP contribution is 2.24. The number of rotatable bonds is 3. The molecular formula is C16H13Cl2N3. The lowest BCUT2D eigenvalue weighted by atomic mass is 10.2. The van der Waals surface area contributed by atoms with Crippen LogP contribution >= 0.6 is 23.2 Å². The highest BCUT2D eigenvalue weighted by Gasteiger charge is 2.10. The minimum Gasteiger partial charge on any atom is -0.326 e. The second kappa shape index (κ2) is 5.88. The molecule has 0 fully saturated rings. The quantitative estimate of drug-likeness (QED) is 0.706.